The number of nitrogens with zero attached hydrogens (tertiary/aromatic N) is 3. The number of hydrogen-bond donors (Lipinski definition) is 2. The van der Waals surface area contributed by atoms with Crippen molar-refractivity contribution in [3.05, 3.63) is 16.1 Å². The van der Waals surface area contributed by atoms with Gasteiger partial charge in [-0.05, 0) is 39.8 Å². The summed E-state index contributed by atoms with van der Waals surface area (Å²) in [6, 6.07) is -0.183. The van der Waals surface area contributed by atoms with Gasteiger partial charge in [-0.15, -0.1) is 11.3 Å². The van der Waals surface area contributed by atoms with Crippen LogP contribution in [-0.2, 0) is 20.8 Å². The Morgan fingerprint density at radius 1 is 1.32 bits per heavy atom. The van der Waals surface area contributed by atoms with Gasteiger partial charge in [-0.3, -0.25) is 14.4 Å². The predicted molar refractivity (Wildman–Crippen MR) is 107 cm³/mol. The molecule has 154 valence electrons. The van der Waals surface area contributed by atoms with Crippen LogP contribution in [0, 0.1) is 12.3 Å². The minimum Gasteiger partial charge on any atom is -0.358 e. The lowest BCUT2D eigenvalue weighted by molar-refractivity contribution is -0.154. The number of aryl methyl sites for hydroxylation is 1. The number of hydrogen-bond acceptors (Lipinski definition) is 6. The number of fused-ring (bicyclic) bond motifs is 1. The second kappa shape index (κ2) is 8.57. The van der Waals surface area contributed by atoms with Crippen molar-refractivity contribution in [2.75, 3.05) is 40.3 Å². The Morgan fingerprint density at radius 2 is 2.11 bits per heavy atom. The molecule has 1 aromatic rings. The first-order valence-corrected chi connectivity index (χ1v) is 10.6. The Morgan fingerprint density at radius 3 is 2.79 bits per heavy atom. The fourth-order valence-electron chi connectivity index (χ4n) is 4.38. The van der Waals surface area contributed by atoms with Gasteiger partial charge in [0.05, 0.1) is 35.1 Å². The largest absolute Gasteiger partial charge is 0.358 e. The molecule has 0 saturated carbocycles. The molecule has 0 radical (unpaired) electrons. The fourth-order valence-corrected chi connectivity index (χ4v) is 4.99. The summed E-state index contributed by atoms with van der Waals surface area (Å²) in [5.74, 6) is -0.318. The van der Waals surface area contributed by atoms with Crippen LogP contribution in [0.25, 0.3) is 0 Å². The molecule has 3 rings (SSSR count). The number of piperidine rings is 2. The highest BCUT2D eigenvalue weighted by Crippen LogP contribution is 2.42. The molecule has 0 spiro atoms. The van der Waals surface area contributed by atoms with Crippen molar-refractivity contribution in [3.63, 3.8) is 0 Å². The third-order valence-electron chi connectivity index (χ3n) is 5.92. The van der Waals surface area contributed by atoms with Crippen molar-refractivity contribution >= 4 is 29.1 Å². The second-order valence-corrected chi connectivity index (χ2v) is 8.83. The molecule has 28 heavy (non-hydrogen) atoms. The molecule has 2 aliphatic rings. The molecule has 2 aliphatic heterocycles. The Balaban J connectivity index is 1.79. The van der Waals surface area contributed by atoms with Gasteiger partial charge in [-0.2, -0.15) is 0 Å². The molecule has 0 unspecified atom stereocenters. The van der Waals surface area contributed by atoms with E-state index < -0.39 is 5.41 Å². The topological polar surface area (TPSA) is 94.6 Å². The Labute approximate surface area is 169 Å². The molecular weight excluding hydrogens is 378 g/mol. The number of likely N-dealkylation sites (N-methyl/N-ethyl adjacent to an activating group) is 2. The van der Waals surface area contributed by atoms with E-state index >= 15 is 0 Å². The van der Waals surface area contributed by atoms with Crippen LogP contribution in [0.2, 0.25) is 0 Å². The summed E-state index contributed by atoms with van der Waals surface area (Å²) < 4.78 is 0. The number of rotatable bonds is 5. The van der Waals surface area contributed by atoms with Gasteiger partial charge in [0.15, 0.2) is 0 Å². The minimum absolute atomic E-state index is 0.0220. The zero-order valence-corrected chi connectivity index (χ0v) is 17.6. The van der Waals surface area contributed by atoms with Crippen molar-refractivity contribution in [2.45, 2.75) is 38.6 Å². The molecule has 9 heteroatoms. The molecule has 0 aromatic carbocycles. The van der Waals surface area contributed by atoms with Crippen LogP contribution in [0.1, 0.15) is 30.0 Å². The molecule has 0 aliphatic carbocycles. The van der Waals surface area contributed by atoms with Crippen molar-refractivity contribution in [1.82, 2.24) is 25.4 Å². The van der Waals surface area contributed by atoms with E-state index in [4.69, 9.17) is 0 Å². The van der Waals surface area contributed by atoms with E-state index in [1.165, 1.54) is 11.3 Å². The average molecular weight is 408 g/mol. The van der Waals surface area contributed by atoms with Crippen LogP contribution in [0.15, 0.2) is 5.38 Å². The lowest BCUT2D eigenvalue weighted by atomic mass is 9.67. The van der Waals surface area contributed by atoms with E-state index in [-0.39, 0.29) is 36.7 Å². The van der Waals surface area contributed by atoms with E-state index in [2.05, 4.69) is 20.5 Å². The molecule has 8 nitrogen and oxygen atoms in total. The Kier molecular flexibility index (Phi) is 6.34. The maximum absolute atomic E-state index is 13.2. The maximum atomic E-state index is 13.2. The third-order valence-corrected chi connectivity index (χ3v) is 6.74. The predicted octanol–water partition coefficient (Wildman–Crippen LogP) is 0.169. The van der Waals surface area contributed by atoms with Crippen molar-refractivity contribution in [2.24, 2.45) is 5.41 Å². The van der Waals surface area contributed by atoms with E-state index in [9.17, 15) is 14.4 Å². The minimum atomic E-state index is -0.633. The van der Waals surface area contributed by atoms with Gasteiger partial charge >= 0.3 is 0 Å². The van der Waals surface area contributed by atoms with E-state index in [1.807, 2.05) is 24.3 Å². The highest BCUT2D eigenvalue weighted by Gasteiger charge is 2.53. The molecule has 0 bridgehead atoms. The Bertz CT molecular complexity index is 752. The summed E-state index contributed by atoms with van der Waals surface area (Å²) in [7, 11) is 3.57. The first kappa shape index (κ1) is 20.7. The molecule has 2 fully saturated rings. The summed E-state index contributed by atoms with van der Waals surface area (Å²) in [4.78, 5) is 46.3. The molecule has 1 aromatic heterocycles. The van der Waals surface area contributed by atoms with Gasteiger partial charge in [0, 0.05) is 25.5 Å². The summed E-state index contributed by atoms with van der Waals surface area (Å²) in [6.45, 7) is 4.01. The summed E-state index contributed by atoms with van der Waals surface area (Å²) >= 11 is 1.54. The number of nitrogens with one attached hydrogen (secondary N) is 2. The fraction of sp³-hybridized carbons (Fsp3) is 0.684. The lowest BCUT2D eigenvalue weighted by Crippen LogP contribution is -2.66. The zero-order valence-electron chi connectivity index (χ0n) is 16.8. The first-order valence-electron chi connectivity index (χ1n) is 9.73. The lowest BCUT2D eigenvalue weighted by Gasteiger charge is -2.53. The van der Waals surface area contributed by atoms with Gasteiger partial charge in [0.25, 0.3) is 0 Å². The SMILES string of the molecule is CNC(=O)CNC(=O)[C@@]12CCCN(C(=O)Cc3csc(C)n3)[C@H]1CN(C)CC2. The maximum Gasteiger partial charge on any atom is 0.239 e. The van der Waals surface area contributed by atoms with Crippen molar-refractivity contribution in [1.29, 1.82) is 0 Å². The number of likely N-dealkylation sites (tertiary alicyclic amines) is 2. The Hall–Kier alpha value is -2.00. The normalized spacial score (nSPS) is 25.1. The second-order valence-electron chi connectivity index (χ2n) is 7.77. The third kappa shape index (κ3) is 4.20. The standard InChI is InChI=1S/C19H29N5O3S/c1-13-22-14(12-28-13)9-17(26)24-7-4-5-19(6-8-23(3)11-15(19)24)18(27)21-10-16(25)20-2/h12,15H,4-11H2,1-3H3,(H,20,25)(H,21,27)/t15-,19+/m0/s1. The van der Waals surface area contributed by atoms with Crippen LogP contribution in [0.3, 0.4) is 0 Å². The van der Waals surface area contributed by atoms with E-state index in [0.717, 1.165) is 30.1 Å². The van der Waals surface area contributed by atoms with Crippen LogP contribution < -0.4 is 10.6 Å². The van der Waals surface area contributed by atoms with Crippen LogP contribution in [0.5, 0.6) is 0 Å². The van der Waals surface area contributed by atoms with Crippen LogP contribution in [-0.4, -0.2) is 78.8 Å². The zero-order chi connectivity index (χ0) is 20.3. The van der Waals surface area contributed by atoms with Crippen LogP contribution >= 0.6 is 11.3 Å². The van der Waals surface area contributed by atoms with Gasteiger partial charge in [-0.1, -0.05) is 0 Å². The summed E-state index contributed by atoms with van der Waals surface area (Å²) in [5.41, 5.74) is 0.156. The number of carbonyl (C=O) groups excluding carboxylic acids is 3. The summed E-state index contributed by atoms with van der Waals surface area (Å²) in [6.07, 6.45) is 2.48. The molecular formula is C19H29N5O3S. The van der Waals surface area contributed by atoms with Crippen molar-refractivity contribution in [3.8, 4) is 0 Å². The first-order chi connectivity index (χ1) is 13.4. The number of carbonyl (C=O) groups is 3. The van der Waals surface area contributed by atoms with Gasteiger partial charge < -0.3 is 20.4 Å². The molecule has 3 amide bonds. The van der Waals surface area contributed by atoms with Crippen LogP contribution in [0.4, 0.5) is 0 Å². The molecule has 3 heterocycles. The quantitative estimate of drug-likeness (QED) is 0.726. The molecule has 2 saturated heterocycles. The van der Waals surface area contributed by atoms with Crippen molar-refractivity contribution < 1.29 is 14.4 Å². The highest BCUT2D eigenvalue weighted by molar-refractivity contribution is 7.09. The van der Waals surface area contributed by atoms with Gasteiger partial charge in [0.2, 0.25) is 17.7 Å². The van der Waals surface area contributed by atoms with E-state index in [1.54, 1.807) is 7.05 Å². The monoisotopic (exact) mass is 407 g/mol. The van der Waals surface area contributed by atoms with E-state index in [0.29, 0.717) is 19.5 Å². The highest BCUT2D eigenvalue weighted by atomic mass is 32.1. The molecule has 2 N–H and O–H groups in total. The van der Waals surface area contributed by atoms with Gasteiger partial charge in [0.1, 0.15) is 0 Å². The molecule has 2 atom stereocenters. The van der Waals surface area contributed by atoms with Gasteiger partial charge in [-0.25, -0.2) is 4.98 Å². The summed E-state index contributed by atoms with van der Waals surface area (Å²) in [5, 5.41) is 8.20. The number of thiazole rings is 1. The average Bonchev–Trinajstić information content (AvgIpc) is 3.09. The number of aromatic nitrogens is 1. The smallest absolute Gasteiger partial charge is 0.239 e. The number of amides is 3.